The van der Waals surface area contributed by atoms with E-state index in [9.17, 15) is 43.2 Å². The fourth-order valence-electron chi connectivity index (χ4n) is 11.9. The molecule has 0 spiro atoms. The van der Waals surface area contributed by atoms with Crippen molar-refractivity contribution in [1.29, 1.82) is 0 Å². The Balaban J connectivity index is 5.25. The predicted molar refractivity (Wildman–Crippen MR) is 395 cm³/mol. The third-order valence-electron chi connectivity index (χ3n) is 18.4. The first-order chi connectivity index (χ1) is 46.6. The molecule has 0 rings (SSSR count). The van der Waals surface area contributed by atoms with Crippen LogP contribution < -0.4 is 0 Å². The Morgan fingerprint density at radius 1 is 0.289 bits per heavy atom. The molecule has 0 aliphatic rings. The highest BCUT2D eigenvalue weighted by Crippen LogP contribution is 2.45. The van der Waals surface area contributed by atoms with E-state index < -0.39 is 97.5 Å². The summed E-state index contributed by atoms with van der Waals surface area (Å²) in [6, 6.07) is 0. The first-order valence-corrected chi connectivity index (χ1v) is 43.2. The third-order valence-corrected chi connectivity index (χ3v) is 20.3. The van der Waals surface area contributed by atoms with Gasteiger partial charge in [-0.25, -0.2) is 9.13 Å². The lowest BCUT2D eigenvalue weighted by molar-refractivity contribution is -0.161. The monoisotopic (exact) mass is 1420 g/mol. The van der Waals surface area contributed by atoms with E-state index in [0.29, 0.717) is 25.7 Å². The van der Waals surface area contributed by atoms with Crippen LogP contribution in [0, 0.1) is 23.7 Å². The van der Waals surface area contributed by atoms with Gasteiger partial charge in [0.2, 0.25) is 0 Å². The first-order valence-electron chi connectivity index (χ1n) is 40.2. The van der Waals surface area contributed by atoms with Gasteiger partial charge in [0.25, 0.3) is 0 Å². The SMILES string of the molecule is CCC(C)CCCCCCCCCCCCCCCCC(=O)OC[C@H](COP(=O)(O)OCC(O)COP(=O)(O)OC[C@@H](COC(=O)CCCCCCCCCCC(C)C)OC(=O)CCCCCCCCCCCCC(C)C)OC(=O)CCCCCCCCCCCCCCC(C)C. The number of hydrogen-bond acceptors (Lipinski definition) is 15. The second-order valence-electron chi connectivity index (χ2n) is 29.8. The van der Waals surface area contributed by atoms with Crippen LogP contribution in [-0.2, 0) is 65.4 Å². The lowest BCUT2D eigenvalue weighted by atomic mass is 9.99. The number of unbranched alkanes of at least 4 members (excludes halogenated alkanes) is 40. The average molecular weight is 1420 g/mol. The van der Waals surface area contributed by atoms with Crippen molar-refractivity contribution in [1.82, 2.24) is 0 Å². The van der Waals surface area contributed by atoms with Crippen molar-refractivity contribution in [3.63, 3.8) is 0 Å². The van der Waals surface area contributed by atoms with E-state index in [-0.39, 0.29) is 25.7 Å². The van der Waals surface area contributed by atoms with E-state index in [4.69, 9.17) is 37.0 Å². The summed E-state index contributed by atoms with van der Waals surface area (Å²) in [4.78, 5) is 72.9. The molecular weight excluding hydrogens is 1270 g/mol. The lowest BCUT2D eigenvalue weighted by Crippen LogP contribution is -2.30. The van der Waals surface area contributed by atoms with Crippen molar-refractivity contribution in [2.75, 3.05) is 39.6 Å². The minimum absolute atomic E-state index is 0.105. The smallest absolute Gasteiger partial charge is 0.462 e. The maximum atomic E-state index is 13.1. The molecule has 0 aliphatic carbocycles. The van der Waals surface area contributed by atoms with Crippen molar-refractivity contribution >= 4 is 39.5 Å². The van der Waals surface area contributed by atoms with Gasteiger partial charge in [-0.3, -0.25) is 37.3 Å². The van der Waals surface area contributed by atoms with Gasteiger partial charge in [0, 0.05) is 25.7 Å². The topological polar surface area (TPSA) is 237 Å². The number of esters is 4. The molecule has 576 valence electrons. The molecule has 0 fully saturated rings. The number of ether oxygens (including phenoxy) is 4. The number of carbonyl (C=O) groups is 4. The molecule has 0 saturated carbocycles. The normalized spacial score (nSPS) is 14.4. The van der Waals surface area contributed by atoms with E-state index in [0.717, 1.165) is 114 Å². The van der Waals surface area contributed by atoms with Gasteiger partial charge in [-0.2, -0.15) is 0 Å². The quantitative estimate of drug-likeness (QED) is 0.0222. The number of carbonyl (C=O) groups excluding carboxylic acids is 4. The zero-order valence-electron chi connectivity index (χ0n) is 63.7. The number of rotatable bonds is 75. The molecule has 17 nitrogen and oxygen atoms in total. The Morgan fingerprint density at radius 2 is 0.495 bits per heavy atom. The van der Waals surface area contributed by atoms with Gasteiger partial charge in [0.05, 0.1) is 26.4 Å². The summed E-state index contributed by atoms with van der Waals surface area (Å²) < 4.78 is 68.6. The molecule has 0 aromatic rings. The summed E-state index contributed by atoms with van der Waals surface area (Å²) in [7, 11) is -9.92. The van der Waals surface area contributed by atoms with Gasteiger partial charge in [0.15, 0.2) is 12.2 Å². The van der Waals surface area contributed by atoms with Gasteiger partial charge >= 0.3 is 39.5 Å². The molecule has 0 bridgehead atoms. The van der Waals surface area contributed by atoms with E-state index >= 15 is 0 Å². The van der Waals surface area contributed by atoms with Crippen molar-refractivity contribution in [2.45, 2.75) is 414 Å². The number of phosphoric ester groups is 2. The third kappa shape index (κ3) is 70.9. The molecule has 97 heavy (non-hydrogen) atoms. The van der Waals surface area contributed by atoms with Crippen LogP contribution in [0.4, 0.5) is 0 Å². The van der Waals surface area contributed by atoms with Crippen LogP contribution in [-0.4, -0.2) is 96.7 Å². The Labute approximate surface area is 594 Å². The Kier molecular flexibility index (Phi) is 65.9. The van der Waals surface area contributed by atoms with E-state index in [1.807, 2.05) is 0 Å². The Hall–Kier alpha value is -1.94. The van der Waals surface area contributed by atoms with Gasteiger partial charge in [-0.1, -0.05) is 344 Å². The fourth-order valence-corrected chi connectivity index (χ4v) is 13.5. The molecule has 0 aromatic carbocycles. The van der Waals surface area contributed by atoms with Crippen LogP contribution >= 0.6 is 15.6 Å². The van der Waals surface area contributed by atoms with Gasteiger partial charge < -0.3 is 33.8 Å². The maximum Gasteiger partial charge on any atom is 0.472 e. The molecule has 0 aromatic heterocycles. The van der Waals surface area contributed by atoms with Crippen molar-refractivity contribution in [3.8, 4) is 0 Å². The van der Waals surface area contributed by atoms with Crippen LogP contribution in [0.5, 0.6) is 0 Å². The number of phosphoric acid groups is 2. The Morgan fingerprint density at radius 3 is 0.732 bits per heavy atom. The molecule has 6 atom stereocenters. The van der Waals surface area contributed by atoms with Crippen LogP contribution in [0.3, 0.4) is 0 Å². The molecule has 4 unspecified atom stereocenters. The summed E-state index contributed by atoms with van der Waals surface area (Å²) in [5.74, 6) is 0.987. The highest BCUT2D eigenvalue weighted by molar-refractivity contribution is 7.47. The molecular formula is C78H152O17P2. The van der Waals surface area contributed by atoms with Crippen LogP contribution in [0.15, 0.2) is 0 Å². The maximum absolute atomic E-state index is 13.1. The molecule has 19 heteroatoms. The summed E-state index contributed by atoms with van der Waals surface area (Å²) in [5.41, 5.74) is 0. The van der Waals surface area contributed by atoms with Crippen LogP contribution in [0.2, 0.25) is 0 Å². The van der Waals surface area contributed by atoms with Crippen molar-refractivity contribution in [3.05, 3.63) is 0 Å². The zero-order chi connectivity index (χ0) is 71.7. The van der Waals surface area contributed by atoms with Crippen LogP contribution in [0.25, 0.3) is 0 Å². The van der Waals surface area contributed by atoms with Crippen molar-refractivity contribution < 1.29 is 80.2 Å². The minimum Gasteiger partial charge on any atom is -0.462 e. The molecule has 0 saturated heterocycles. The van der Waals surface area contributed by atoms with E-state index in [1.54, 1.807) is 0 Å². The lowest BCUT2D eigenvalue weighted by Gasteiger charge is -2.21. The second-order valence-corrected chi connectivity index (χ2v) is 32.7. The van der Waals surface area contributed by atoms with E-state index in [1.165, 1.54) is 199 Å². The van der Waals surface area contributed by atoms with E-state index in [2.05, 4.69) is 55.4 Å². The number of hydrogen-bond donors (Lipinski definition) is 3. The summed E-state index contributed by atoms with van der Waals surface area (Å²) in [5, 5.41) is 10.6. The summed E-state index contributed by atoms with van der Waals surface area (Å²) in [6.07, 6.45) is 52.6. The number of aliphatic hydroxyl groups is 1. The van der Waals surface area contributed by atoms with Gasteiger partial charge in [-0.15, -0.1) is 0 Å². The Bertz CT molecular complexity index is 1900. The predicted octanol–water partition coefficient (Wildman–Crippen LogP) is 22.8. The largest absolute Gasteiger partial charge is 0.472 e. The van der Waals surface area contributed by atoms with Crippen LogP contribution in [0.1, 0.15) is 396 Å². The first kappa shape index (κ1) is 95.1. The average Bonchev–Trinajstić information content (AvgIpc) is 2.02. The molecule has 0 amide bonds. The molecule has 0 aliphatic heterocycles. The van der Waals surface area contributed by atoms with Gasteiger partial charge in [-0.05, 0) is 49.4 Å². The zero-order valence-corrected chi connectivity index (χ0v) is 65.5. The highest BCUT2D eigenvalue weighted by Gasteiger charge is 2.30. The minimum atomic E-state index is -4.96. The van der Waals surface area contributed by atoms with Gasteiger partial charge in [0.1, 0.15) is 19.3 Å². The molecule has 0 radical (unpaired) electrons. The molecule has 3 N–H and O–H groups in total. The second kappa shape index (κ2) is 67.2. The fraction of sp³-hybridized carbons (Fsp3) is 0.949. The summed E-state index contributed by atoms with van der Waals surface area (Å²) in [6.45, 7) is 14.2. The molecule has 0 heterocycles. The standard InChI is InChI=1S/C78H152O17P2/c1-9-71(8)57-49-41-33-24-17-12-10-11-13-18-25-34-42-50-58-75(80)88-64-73(94-77(82)60-52-44-36-26-19-15-14-16-22-30-38-46-54-68(2)3)66-92-96(84,85)90-62-72(79)63-91-97(86,87)93-67-74(65-89-76(81)59-51-43-35-29-28-32-40-48-56-70(6)7)95-78(83)61-53-45-37-27-21-20-23-31-39-47-55-69(4)5/h68-74,79H,9-67H2,1-8H3,(H,84,85)(H,86,87)/t71?,72?,73-,74-/m1/s1. The number of aliphatic hydroxyl groups excluding tert-OH is 1. The summed E-state index contributed by atoms with van der Waals surface area (Å²) >= 11 is 0. The highest BCUT2D eigenvalue weighted by atomic mass is 31.2. The van der Waals surface area contributed by atoms with Crippen molar-refractivity contribution in [2.24, 2.45) is 23.7 Å².